The van der Waals surface area contributed by atoms with E-state index in [0.717, 1.165) is 17.3 Å². The molecule has 0 fully saturated rings. The standard InChI is InChI=1S/C15H27O2S4.ClHO4/c1-7-17-14(16)13(21(5)6)15(20-10-4)11(18-8-2)12(15)19-9-3;2-1(3,4)5/h13H,7-10H2,1-6H3;(H,2,3,4,5)/q+1;/p-1. The maximum absolute atomic E-state index is 12.6. The van der Waals surface area contributed by atoms with Gasteiger partial charge in [-0.1, -0.05) is 20.8 Å². The second-order valence-electron chi connectivity index (χ2n) is 5.08. The highest BCUT2D eigenvalue weighted by Gasteiger charge is 2.66. The molecule has 0 radical (unpaired) electrons. The van der Waals surface area contributed by atoms with Gasteiger partial charge in [-0.15, -0.1) is 45.5 Å². The number of esters is 1. The normalized spacial score (nSPS) is 16.9. The highest BCUT2D eigenvalue weighted by Crippen LogP contribution is 2.66. The van der Waals surface area contributed by atoms with Gasteiger partial charge in [0.1, 0.15) is 4.75 Å². The minimum atomic E-state index is -4.94. The van der Waals surface area contributed by atoms with Gasteiger partial charge < -0.3 is 4.74 Å². The number of carbonyl (C=O) groups is 1. The smallest absolute Gasteiger partial charge is 0.361 e. The quantitative estimate of drug-likeness (QED) is 0.303. The molecule has 0 bridgehead atoms. The van der Waals surface area contributed by atoms with E-state index in [1.807, 2.05) is 42.2 Å². The van der Waals surface area contributed by atoms with Crippen LogP contribution in [0.3, 0.4) is 0 Å². The fourth-order valence-electron chi connectivity index (χ4n) is 2.45. The molecule has 11 heteroatoms. The molecule has 0 aliphatic heterocycles. The van der Waals surface area contributed by atoms with Gasteiger partial charge in [0.2, 0.25) is 5.25 Å². The SMILES string of the molecule is CCOC(=O)C([S+](C)C)C1(SCC)C(SCC)=C1SCC.[O-][Cl+3]([O-])([O-])[O-]. The van der Waals surface area contributed by atoms with Crippen molar-refractivity contribution in [2.45, 2.75) is 37.7 Å². The summed E-state index contributed by atoms with van der Waals surface area (Å²) in [6, 6.07) is 0. The zero-order chi connectivity index (χ0) is 20.5. The van der Waals surface area contributed by atoms with Crippen LogP contribution in [-0.4, -0.2) is 52.3 Å². The minimum absolute atomic E-state index is 0.00563. The Balaban J connectivity index is 0.00000110. The number of thioether (sulfide) groups is 3. The average molecular weight is 467 g/mol. The number of ether oxygens (including phenoxy) is 1. The van der Waals surface area contributed by atoms with Gasteiger partial charge in [-0.05, 0) is 35.1 Å². The Hall–Kier alpha value is 0.740. The van der Waals surface area contributed by atoms with Gasteiger partial charge in [-0.2, -0.15) is 0 Å². The van der Waals surface area contributed by atoms with Gasteiger partial charge in [0.25, 0.3) is 0 Å². The van der Waals surface area contributed by atoms with Crippen molar-refractivity contribution in [1.29, 1.82) is 0 Å². The molecule has 6 nitrogen and oxygen atoms in total. The molecule has 1 rings (SSSR count). The largest absolute Gasteiger partial charge is 0.462 e. The first-order chi connectivity index (χ1) is 12.0. The van der Waals surface area contributed by atoms with Crippen LogP contribution < -0.4 is 18.6 Å². The first kappa shape index (κ1) is 26.7. The molecule has 0 aromatic heterocycles. The molecule has 1 aliphatic carbocycles. The van der Waals surface area contributed by atoms with E-state index in [2.05, 4.69) is 33.3 Å². The first-order valence-corrected chi connectivity index (χ1v) is 14.3. The Kier molecular flexibility index (Phi) is 12.7. The number of hydrogen-bond donors (Lipinski definition) is 0. The lowest BCUT2D eigenvalue weighted by atomic mass is 10.2. The molecule has 0 spiro atoms. The van der Waals surface area contributed by atoms with Crippen molar-refractivity contribution < 1.29 is 38.4 Å². The van der Waals surface area contributed by atoms with Crippen LogP contribution in [0.15, 0.2) is 9.81 Å². The maximum atomic E-state index is 12.6. The van der Waals surface area contributed by atoms with E-state index in [9.17, 15) is 4.79 Å². The van der Waals surface area contributed by atoms with Gasteiger partial charge in [0, 0.05) is 9.81 Å². The molecule has 1 unspecified atom stereocenters. The Morgan fingerprint density at radius 2 is 1.46 bits per heavy atom. The minimum Gasteiger partial charge on any atom is -0.462 e. The fraction of sp³-hybridized carbons (Fsp3) is 0.800. The molecule has 154 valence electrons. The van der Waals surface area contributed by atoms with Crippen molar-refractivity contribution in [3.05, 3.63) is 9.81 Å². The van der Waals surface area contributed by atoms with E-state index in [4.69, 9.17) is 23.4 Å². The summed E-state index contributed by atoms with van der Waals surface area (Å²) >= 11 is 5.74. The predicted octanol–water partition coefficient (Wildman–Crippen LogP) is -0.737. The topological polar surface area (TPSA) is 119 Å². The van der Waals surface area contributed by atoms with Crippen molar-refractivity contribution >= 4 is 52.1 Å². The second-order valence-corrected chi connectivity index (χ2v) is 12.1. The van der Waals surface area contributed by atoms with E-state index in [1.54, 1.807) is 0 Å². The van der Waals surface area contributed by atoms with E-state index in [-0.39, 0.29) is 26.9 Å². The molecular weight excluding hydrogens is 440 g/mol. The Morgan fingerprint density at radius 1 is 1.04 bits per heavy atom. The highest BCUT2D eigenvalue weighted by atomic mass is 35.7. The fourth-order valence-corrected chi connectivity index (χ4v) is 9.03. The Labute approximate surface area is 174 Å². The summed E-state index contributed by atoms with van der Waals surface area (Å²) < 4.78 is 39.3. The van der Waals surface area contributed by atoms with Crippen molar-refractivity contribution in [3.63, 3.8) is 0 Å². The van der Waals surface area contributed by atoms with Gasteiger partial charge in [-0.3, -0.25) is 0 Å². The van der Waals surface area contributed by atoms with E-state index in [1.165, 1.54) is 9.81 Å². The Morgan fingerprint density at radius 3 is 1.73 bits per heavy atom. The predicted molar refractivity (Wildman–Crippen MR) is 104 cm³/mol. The average Bonchev–Trinajstić information content (AvgIpc) is 3.04. The molecule has 0 amide bonds. The lowest BCUT2D eigenvalue weighted by Crippen LogP contribution is -2.68. The van der Waals surface area contributed by atoms with E-state index < -0.39 is 10.2 Å². The summed E-state index contributed by atoms with van der Waals surface area (Å²) in [5.74, 6) is 3.12. The molecule has 0 saturated carbocycles. The first-order valence-electron chi connectivity index (χ1n) is 8.00. The third kappa shape index (κ3) is 8.00. The van der Waals surface area contributed by atoms with Crippen molar-refractivity contribution in [3.8, 4) is 0 Å². The number of carbonyl (C=O) groups excluding carboxylic acids is 1. The summed E-state index contributed by atoms with van der Waals surface area (Å²) in [4.78, 5) is 15.4. The lowest BCUT2D eigenvalue weighted by Gasteiger charge is -2.25. The molecule has 26 heavy (non-hydrogen) atoms. The van der Waals surface area contributed by atoms with E-state index in [0.29, 0.717) is 6.61 Å². The van der Waals surface area contributed by atoms with Crippen LogP contribution in [0, 0.1) is 10.2 Å². The molecule has 1 atom stereocenters. The highest BCUT2D eigenvalue weighted by molar-refractivity contribution is 8.13. The van der Waals surface area contributed by atoms with Crippen molar-refractivity contribution in [1.82, 2.24) is 0 Å². The number of rotatable bonds is 10. The van der Waals surface area contributed by atoms with Crippen LogP contribution in [0.1, 0.15) is 27.7 Å². The summed E-state index contributed by atoms with van der Waals surface area (Å²) in [6.07, 6.45) is 4.33. The van der Waals surface area contributed by atoms with Crippen molar-refractivity contribution in [2.24, 2.45) is 0 Å². The second kappa shape index (κ2) is 12.3. The van der Waals surface area contributed by atoms with Crippen molar-refractivity contribution in [2.75, 3.05) is 36.4 Å². The maximum Gasteiger partial charge on any atom is 0.361 e. The molecular formula is C15H27ClO6S4. The van der Waals surface area contributed by atoms with Crippen LogP contribution in [0.4, 0.5) is 0 Å². The molecule has 0 N–H and O–H groups in total. The van der Waals surface area contributed by atoms with Crippen LogP contribution in [-0.2, 0) is 20.4 Å². The number of hydrogen-bond acceptors (Lipinski definition) is 9. The summed E-state index contributed by atoms with van der Waals surface area (Å²) in [7, 11) is -4.95. The van der Waals surface area contributed by atoms with Crippen LogP contribution >= 0.6 is 35.3 Å². The summed E-state index contributed by atoms with van der Waals surface area (Å²) in [5, 5.41) is -0.0366. The molecule has 1 aliphatic rings. The Bertz CT molecular complexity index is 459. The molecule has 0 heterocycles. The molecule has 0 aromatic carbocycles. The zero-order valence-electron chi connectivity index (χ0n) is 15.9. The monoisotopic (exact) mass is 466 g/mol. The summed E-state index contributed by atoms with van der Waals surface area (Å²) in [5.41, 5.74) is 0. The van der Waals surface area contributed by atoms with Gasteiger partial charge in [0.05, 0.1) is 19.1 Å². The molecule has 0 saturated heterocycles. The molecule has 0 aromatic rings. The lowest BCUT2D eigenvalue weighted by molar-refractivity contribution is -2.00. The third-order valence-corrected chi connectivity index (χ3v) is 8.73. The van der Waals surface area contributed by atoms with Gasteiger partial charge in [0.15, 0.2) is 0 Å². The zero-order valence-corrected chi connectivity index (χ0v) is 19.9. The van der Waals surface area contributed by atoms with Crippen LogP contribution in [0.5, 0.6) is 0 Å². The third-order valence-electron chi connectivity index (χ3n) is 3.11. The van der Waals surface area contributed by atoms with Crippen LogP contribution in [0.2, 0.25) is 0 Å². The summed E-state index contributed by atoms with van der Waals surface area (Å²) in [6.45, 7) is 8.90. The van der Waals surface area contributed by atoms with E-state index >= 15 is 0 Å². The van der Waals surface area contributed by atoms with Crippen LogP contribution in [0.25, 0.3) is 0 Å². The van der Waals surface area contributed by atoms with Gasteiger partial charge >= 0.3 is 5.97 Å². The van der Waals surface area contributed by atoms with Gasteiger partial charge in [-0.25, -0.2) is 23.4 Å². The number of halogens is 1.